The van der Waals surface area contributed by atoms with Gasteiger partial charge in [0.25, 0.3) is 0 Å². The molecule has 18 heavy (non-hydrogen) atoms. The van der Waals surface area contributed by atoms with Crippen molar-refractivity contribution in [2.75, 3.05) is 26.8 Å². The first-order valence-electron chi connectivity index (χ1n) is 6.78. The Morgan fingerprint density at radius 2 is 2.22 bits per heavy atom. The summed E-state index contributed by atoms with van der Waals surface area (Å²) in [6, 6.07) is 6.06. The van der Waals surface area contributed by atoms with E-state index < -0.39 is 0 Å². The number of hydrogen-bond acceptors (Lipinski definition) is 3. The lowest BCUT2D eigenvalue weighted by Crippen LogP contribution is -2.30. The van der Waals surface area contributed by atoms with Crippen LogP contribution >= 0.6 is 0 Å². The highest BCUT2D eigenvalue weighted by molar-refractivity contribution is 5.42. The van der Waals surface area contributed by atoms with E-state index in [0.717, 1.165) is 37.0 Å². The second-order valence-corrected chi connectivity index (χ2v) is 5.00. The molecular formula is C15H23NO2. The third-order valence-corrected chi connectivity index (χ3v) is 3.50. The Bertz CT molecular complexity index is 373. The van der Waals surface area contributed by atoms with Crippen LogP contribution in [0.4, 0.5) is 0 Å². The van der Waals surface area contributed by atoms with Crippen LogP contribution in [0.1, 0.15) is 24.8 Å². The van der Waals surface area contributed by atoms with Crippen molar-refractivity contribution in [1.82, 2.24) is 5.32 Å². The first-order chi connectivity index (χ1) is 8.79. The van der Waals surface area contributed by atoms with Gasteiger partial charge in [-0.3, -0.25) is 0 Å². The molecule has 1 aromatic rings. The summed E-state index contributed by atoms with van der Waals surface area (Å²) >= 11 is 0. The molecule has 0 saturated carbocycles. The maximum atomic E-state index is 5.83. The van der Waals surface area contributed by atoms with Crippen molar-refractivity contribution in [3.63, 3.8) is 0 Å². The van der Waals surface area contributed by atoms with E-state index in [1.807, 2.05) is 12.1 Å². The Labute approximate surface area is 109 Å². The van der Waals surface area contributed by atoms with Crippen LogP contribution in [0.15, 0.2) is 18.2 Å². The molecule has 1 atom stereocenters. The standard InChI is InChI=1S/C15H23NO2/c1-12-5-6-14(15(10-12)17-2)18-9-7-13-4-3-8-16-11-13/h5-6,10,13,16H,3-4,7-9,11H2,1-2H3/t13-/m1/s1. The van der Waals surface area contributed by atoms with Crippen LogP contribution in [0, 0.1) is 12.8 Å². The monoisotopic (exact) mass is 249 g/mol. The zero-order valence-electron chi connectivity index (χ0n) is 11.4. The van der Waals surface area contributed by atoms with Gasteiger partial charge in [0, 0.05) is 0 Å². The Hall–Kier alpha value is -1.22. The number of nitrogens with one attached hydrogen (secondary N) is 1. The van der Waals surface area contributed by atoms with E-state index in [2.05, 4.69) is 18.3 Å². The molecule has 1 aliphatic rings. The summed E-state index contributed by atoms with van der Waals surface area (Å²) in [6.07, 6.45) is 3.73. The highest BCUT2D eigenvalue weighted by atomic mass is 16.5. The van der Waals surface area contributed by atoms with Gasteiger partial charge in [-0.1, -0.05) is 6.07 Å². The Balaban J connectivity index is 1.82. The average molecular weight is 249 g/mol. The van der Waals surface area contributed by atoms with Gasteiger partial charge in [0.15, 0.2) is 11.5 Å². The minimum atomic E-state index is 0.759. The van der Waals surface area contributed by atoms with E-state index in [9.17, 15) is 0 Å². The average Bonchev–Trinajstić information content (AvgIpc) is 2.41. The molecule has 0 aromatic heterocycles. The summed E-state index contributed by atoms with van der Waals surface area (Å²) < 4.78 is 11.2. The van der Waals surface area contributed by atoms with Crippen molar-refractivity contribution in [2.24, 2.45) is 5.92 Å². The molecule has 0 radical (unpaired) electrons. The highest BCUT2D eigenvalue weighted by Gasteiger charge is 2.13. The van der Waals surface area contributed by atoms with E-state index in [0.29, 0.717) is 0 Å². The normalized spacial score (nSPS) is 19.6. The molecule has 0 unspecified atom stereocenters. The largest absolute Gasteiger partial charge is 0.493 e. The Kier molecular flexibility index (Phi) is 4.88. The molecule has 1 saturated heterocycles. The van der Waals surface area contributed by atoms with Crippen molar-refractivity contribution < 1.29 is 9.47 Å². The van der Waals surface area contributed by atoms with Gasteiger partial charge < -0.3 is 14.8 Å². The summed E-state index contributed by atoms with van der Waals surface area (Å²) in [4.78, 5) is 0. The zero-order valence-corrected chi connectivity index (χ0v) is 11.4. The molecule has 0 amide bonds. The molecule has 0 spiro atoms. The summed E-state index contributed by atoms with van der Waals surface area (Å²) in [7, 11) is 1.69. The fourth-order valence-corrected chi connectivity index (χ4v) is 2.40. The van der Waals surface area contributed by atoms with E-state index in [1.54, 1.807) is 7.11 Å². The van der Waals surface area contributed by atoms with E-state index >= 15 is 0 Å². The van der Waals surface area contributed by atoms with Crippen molar-refractivity contribution in [3.8, 4) is 11.5 Å². The Morgan fingerprint density at radius 3 is 2.94 bits per heavy atom. The molecule has 1 aliphatic heterocycles. The Morgan fingerprint density at radius 1 is 1.33 bits per heavy atom. The van der Waals surface area contributed by atoms with Crippen molar-refractivity contribution in [2.45, 2.75) is 26.2 Å². The van der Waals surface area contributed by atoms with Crippen LogP contribution in [-0.2, 0) is 0 Å². The quantitative estimate of drug-likeness (QED) is 0.870. The van der Waals surface area contributed by atoms with Gasteiger partial charge in [0.2, 0.25) is 0 Å². The van der Waals surface area contributed by atoms with Crippen molar-refractivity contribution in [3.05, 3.63) is 23.8 Å². The molecular weight excluding hydrogens is 226 g/mol. The molecule has 0 aliphatic carbocycles. The predicted molar refractivity (Wildman–Crippen MR) is 73.4 cm³/mol. The number of rotatable bonds is 5. The number of methoxy groups -OCH3 is 1. The van der Waals surface area contributed by atoms with Gasteiger partial charge in [0.1, 0.15) is 0 Å². The highest BCUT2D eigenvalue weighted by Crippen LogP contribution is 2.28. The number of aryl methyl sites for hydroxylation is 1. The summed E-state index contributed by atoms with van der Waals surface area (Å²) in [6.45, 7) is 5.13. The summed E-state index contributed by atoms with van der Waals surface area (Å²) in [5, 5.41) is 3.43. The first-order valence-corrected chi connectivity index (χ1v) is 6.78. The minimum absolute atomic E-state index is 0.759. The van der Waals surface area contributed by atoms with Gasteiger partial charge in [-0.2, -0.15) is 0 Å². The van der Waals surface area contributed by atoms with Crippen LogP contribution in [0.2, 0.25) is 0 Å². The lowest BCUT2D eigenvalue weighted by atomic mass is 9.97. The second kappa shape index (κ2) is 6.64. The minimum Gasteiger partial charge on any atom is -0.493 e. The molecule has 2 rings (SSSR count). The van der Waals surface area contributed by atoms with Crippen LogP contribution < -0.4 is 14.8 Å². The maximum absolute atomic E-state index is 5.83. The van der Waals surface area contributed by atoms with E-state index in [-0.39, 0.29) is 0 Å². The molecule has 1 fully saturated rings. The third-order valence-electron chi connectivity index (χ3n) is 3.50. The smallest absolute Gasteiger partial charge is 0.161 e. The molecule has 3 nitrogen and oxygen atoms in total. The molecule has 1 N–H and O–H groups in total. The number of benzene rings is 1. The fourth-order valence-electron chi connectivity index (χ4n) is 2.40. The number of hydrogen-bond donors (Lipinski definition) is 1. The molecule has 100 valence electrons. The van der Waals surface area contributed by atoms with Gasteiger partial charge in [-0.25, -0.2) is 0 Å². The zero-order chi connectivity index (χ0) is 12.8. The lowest BCUT2D eigenvalue weighted by molar-refractivity contribution is 0.245. The molecule has 3 heteroatoms. The van der Waals surface area contributed by atoms with Crippen LogP contribution in [0.3, 0.4) is 0 Å². The second-order valence-electron chi connectivity index (χ2n) is 5.00. The van der Waals surface area contributed by atoms with E-state index in [4.69, 9.17) is 9.47 Å². The SMILES string of the molecule is COc1cc(C)ccc1OCC[C@H]1CCCNC1. The molecule has 0 bridgehead atoms. The van der Waals surface area contributed by atoms with Crippen molar-refractivity contribution >= 4 is 0 Å². The summed E-state index contributed by atoms with van der Waals surface area (Å²) in [5.74, 6) is 2.44. The van der Waals surface area contributed by atoms with Crippen LogP contribution in [0.5, 0.6) is 11.5 Å². The third kappa shape index (κ3) is 3.64. The van der Waals surface area contributed by atoms with Gasteiger partial charge in [-0.15, -0.1) is 0 Å². The first kappa shape index (κ1) is 13.2. The number of piperidine rings is 1. The van der Waals surface area contributed by atoms with Crippen LogP contribution in [0.25, 0.3) is 0 Å². The molecule has 1 aromatic carbocycles. The van der Waals surface area contributed by atoms with Gasteiger partial charge in [0.05, 0.1) is 13.7 Å². The summed E-state index contributed by atoms with van der Waals surface area (Å²) in [5.41, 5.74) is 1.19. The lowest BCUT2D eigenvalue weighted by Gasteiger charge is -2.22. The van der Waals surface area contributed by atoms with Gasteiger partial charge in [-0.05, 0) is 62.9 Å². The molecule has 1 heterocycles. The van der Waals surface area contributed by atoms with Crippen molar-refractivity contribution in [1.29, 1.82) is 0 Å². The maximum Gasteiger partial charge on any atom is 0.161 e. The van der Waals surface area contributed by atoms with Crippen LogP contribution in [-0.4, -0.2) is 26.8 Å². The fraction of sp³-hybridized carbons (Fsp3) is 0.600. The number of ether oxygens (including phenoxy) is 2. The predicted octanol–water partition coefficient (Wildman–Crippen LogP) is 2.77. The van der Waals surface area contributed by atoms with E-state index in [1.165, 1.54) is 24.9 Å². The van der Waals surface area contributed by atoms with Gasteiger partial charge >= 0.3 is 0 Å². The topological polar surface area (TPSA) is 30.5 Å².